The van der Waals surface area contributed by atoms with Gasteiger partial charge in [-0.3, -0.25) is 0 Å². The Bertz CT molecular complexity index is 171. The van der Waals surface area contributed by atoms with Crippen LogP contribution in [0, 0.1) is 6.92 Å². The van der Waals surface area contributed by atoms with Gasteiger partial charge in [-0.2, -0.15) is 0 Å². The highest BCUT2D eigenvalue weighted by Gasteiger charge is 1.94. The van der Waals surface area contributed by atoms with Crippen molar-refractivity contribution in [2.24, 2.45) is 5.73 Å². The Hall–Kier alpha value is -0.410. The molecule has 2 N–H and O–H groups in total. The third kappa shape index (κ3) is 0.877. The highest BCUT2D eigenvalue weighted by Crippen LogP contribution is 2.09. The molecule has 1 rings (SSSR count). The summed E-state index contributed by atoms with van der Waals surface area (Å²) in [6, 6.07) is 0. The Morgan fingerprint density at radius 2 is 2.62 bits per heavy atom. The van der Waals surface area contributed by atoms with Crippen molar-refractivity contribution < 1.29 is 0 Å². The number of nitrogens with zero attached hydrogens (tertiary/aromatic N) is 1. The molecule has 0 bridgehead atoms. The molecule has 0 aliphatic carbocycles. The number of aromatic nitrogens is 1. The number of aryl methyl sites for hydroxylation is 1. The first-order valence-corrected chi connectivity index (χ1v) is 3.22. The Kier molecular flexibility index (Phi) is 1.60. The second-order valence-corrected chi connectivity index (χ2v) is 2.62. The van der Waals surface area contributed by atoms with E-state index in [0.717, 1.165) is 5.56 Å². The van der Waals surface area contributed by atoms with Gasteiger partial charge in [-0.15, -0.1) is 0 Å². The van der Waals surface area contributed by atoms with Crippen LogP contribution in [0.3, 0.4) is 0 Å². The summed E-state index contributed by atoms with van der Waals surface area (Å²) in [5.41, 5.74) is 6.52. The lowest BCUT2D eigenvalue weighted by molar-refractivity contribution is 1.06. The average molecular weight is 128 g/mol. The van der Waals surface area contributed by atoms with Crippen LogP contribution in [0.4, 0.5) is 0 Å². The fourth-order valence-electron chi connectivity index (χ4n) is 0.515. The fourth-order valence-corrected chi connectivity index (χ4v) is 1.11. The predicted octanol–water partition coefficient (Wildman–Crippen LogP) is 0.910. The van der Waals surface area contributed by atoms with E-state index in [-0.39, 0.29) is 0 Å². The van der Waals surface area contributed by atoms with Crippen molar-refractivity contribution in [3.8, 4) is 0 Å². The maximum atomic E-state index is 5.36. The summed E-state index contributed by atoms with van der Waals surface area (Å²) in [5, 5.41) is 0. The zero-order valence-electron chi connectivity index (χ0n) is 4.72. The first-order valence-electron chi connectivity index (χ1n) is 2.45. The van der Waals surface area contributed by atoms with E-state index in [4.69, 9.17) is 5.73 Å². The van der Waals surface area contributed by atoms with Crippen molar-refractivity contribution in [1.29, 1.82) is 0 Å². The van der Waals surface area contributed by atoms with Crippen molar-refractivity contribution in [2.45, 2.75) is 13.5 Å². The number of nitrogens with two attached hydrogens (primary N) is 1. The normalized spacial score (nSPS) is 9.75. The summed E-state index contributed by atoms with van der Waals surface area (Å²) < 4.78 is 3.95. The van der Waals surface area contributed by atoms with E-state index in [0.29, 0.717) is 6.54 Å². The summed E-state index contributed by atoms with van der Waals surface area (Å²) in [6.07, 6.45) is 1.82. The molecular formula is C5H8N2S. The standard InChI is InChI=1S/C5H8N2S/c1-4-5(2-6)3-7-8-4/h3H,2,6H2,1H3. The van der Waals surface area contributed by atoms with Crippen LogP contribution in [0.5, 0.6) is 0 Å². The van der Waals surface area contributed by atoms with E-state index in [1.807, 2.05) is 13.1 Å². The van der Waals surface area contributed by atoms with E-state index >= 15 is 0 Å². The average Bonchev–Trinajstić information content (AvgIpc) is 2.14. The topological polar surface area (TPSA) is 38.9 Å². The smallest absolute Gasteiger partial charge is 0.0454 e. The molecule has 44 valence electrons. The summed E-state index contributed by atoms with van der Waals surface area (Å²) in [4.78, 5) is 1.23. The summed E-state index contributed by atoms with van der Waals surface area (Å²) in [7, 11) is 0. The molecule has 2 nitrogen and oxygen atoms in total. The zero-order chi connectivity index (χ0) is 5.98. The molecule has 1 aromatic rings. The van der Waals surface area contributed by atoms with Crippen molar-refractivity contribution >= 4 is 11.5 Å². The quantitative estimate of drug-likeness (QED) is 0.610. The van der Waals surface area contributed by atoms with Crippen LogP contribution in [-0.2, 0) is 6.54 Å². The van der Waals surface area contributed by atoms with Crippen LogP contribution in [0.1, 0.15) is 10.4 Å². The van der Waals surface area contributed by atoms with Crippen molar-refractivity contribution in [3.63, 3.8) is 0 Å². The zero-order valence-corrected chi connectivity index (χ0v) is 5.53. The monoisotopic (exact) mass is 128 g/mol. The van der Waals surface area contributed by atoms with Crippen molar-refractivity contribution in [1.82, 2.24) is 4.37 Å². The Morgan fingerprint density at radius 1 is 1.88 bits per heavy atom. The molecule has 0 amide bonds. The van der Waals surface area contributed by atoms with Gasteiger partial charge in [0.15, 0.2) is 0 Å². The van der Waals surface area contributed by atoms with E-state index in [2.05, 4.69) is 4.37 Å². The molecule has 0 fully saturated rings. The SMILES string of the molecule is Cc1sncc1CN. The maximum Gasteiger partial charge on any atom is 0.0454 e. The second-order valence-electron chi connectivity index (χ2n) is 1.61. The third-order valence-electron chi connectivity index (χ3n) is 1.07. The Labute approximate surface area is 52.5 Å². The van der Waals surface area contributed by atoms with Crippen LogP contribution in [0.2, 0.25) is 0 Å². The Morgan fingerprint density at radius 3 is 2.88 bits per heavy atom. The molecule has 0 saturated heterocycles. The largest absolute Gasteiger partial charge is 0.326 e. The maximum absolute atomic E-state index is 5.36. The lowest BCUT2D eigenvalue weighted by atomic mass is 10.3. The van der Waals surface area contributed by atoms with Gasteiger partial charge in [-0.05, 0) is 24.0 Å². The lowest BCUT2D eigenvalue weighted by Crippen LogP contribution is -1.94. The molecular weight excluding hydrogens is 120 g/mol. The van der Waals surface area contributed by atoms with E-state index in [1.165, 1.54) is 16.4 Å². The van der Waals surface area contributed by atoms with E-state index in [9.17, 15) is 0 Å². The first kappa shape index (κ1) is 5.72. The van der Waals surface area contributed by atoms with Crippen LogP contribution in [0.15, 0.2) is 6.20 Å². The van der Waals surface area contributed by atoms with Gasteiger partial charge >= 0.3 is 0 Å². The van der Waals surface area contributed by atoms with Crippen LogP contribution >= 0.6 is 11.5 Å². The first-order chi connectivity index (χ1) is 3.84. The summed E-state index contributed by atoms with van der Waals surface area (Å²) >= 11 is 1.50. The van der Waals surface area contributed by atoms with Gasteiger partial charge in [-0.1, -0.05) is 0 Å². The van der Waals surface area contributed by atoms with Crippen LogP contribution < -0.4 is 5.73 Å². The number of rotatable bonds is 1. The molecule has 0 radical (unpaired) electrons. The highest BCUT2D eigenvalue weighted by atomic mass is 32.1. The minimum atomic E-state index is 0.613. The van der Waals surface area contributed by atoms with Gasteiger partial charge in [0.05, 0.1) is 0 Å². The Balaban J connectivity index is 2.92. The molecule has 0 aliphatic heterocycles. The third-order valence-corrected chi connectivity index (χ3v) is 1.82. The van der Waals surface area contributed by atoms with E-state index in [1.54, 1.807) is 0 Å². The molecule has 0 aromatic carbocycles. The second kappa shape index (κ2) is 2.24. The van der Waals surface area contributed by atoms with Crippen molar-refractivity contribution in [2.75, 3.05) is 0 Å². The molecule has 1 aromatic heterocycles. The lowest BCUT2D eigenvalue weighted by Gasteiger charge is -1.86. The predicted molar refractivity (Wildman–Crippen MR) is 34.7 cm³/mol. The molecule has 0 atom stereocenters. The molecule has 8 heavy (non-hydrogen) atoms. The molecule has 0 unspecified atom stereocenters. The van der Waals surface area contributed by atoms with Crippen LogP contribution in [0.25, 0.3) is 0 Å². The highest BCUT2D eigenvalue weighted by molar-refractivity contribution is 7.05. The molecule has 0 saturated carbocycles. The van der Waals surface area contributed by atoms with Gasteiger partial charge < -0.3 is 5.73 Å². The fraction of sp³-hybridized carbons (Fsp3) is 0.400. The van der Waals surface area contributed by atoms with Crippen LogP contribution in [-0.4, -0.2) is 4.37 Å². The molecule has 0 aliphatic rings. The molecule has 1 heterocycles. The van der Waals surface area contributed by atoms with Crippen molar-refractivity contribution in [3.05, 3.63) is 16.6 Å². The van der Waals surface area contributed by atoms with Gasteiger partial charge in [0, 0.05) is 17.6 Å². The van der Waals surface area contributed by atoms with Gasteiger partial charge in [0.2, 0.25) is 0 Å². The number of hydrogen-bond acceptors (Lipinski definition) is 3. The number of hydrogen-bond donors (Lipinski definition) is 1. The van der Waals surface area contributed by atoms with Gasteiger partial charge in [-0.25, -0.2) is 4.37 Å². The summed E-state index contributed by atoms with van der Waals surface area (Å²) in [5.74, 6) is 0. The van der Waals surface area contributed by atoms with E-state index < -0.39 is 0 Å². The molecule has 3 heteroatoms. The molecule has 0 spiro atoms. The van der Waals surface area contributed by atoms with Gasteiger partial charge in [0.25, 0.3) is 0 Å². The summed E-state index contributed by atoms with van der Waals surface area (Å²) in [6.45, 7) is 2.64. The minimum Gasteiger partial charge on any atom is -0.326 e. The minimum absolute atomic E-state index is 0.613. The van der Waals surface area contributed by atoms with Gasteiger partial charge in [0.1, 0.15) is 0 Å².